The monoisotopic (exact) mass is 314 g/mol. The SMILES string of the molecule is CC[C@H](C)NC(=O)CN(c1ccc(OC)cc1)S(C)(=O)=O. The van der Waals surface area contributed by atoms with Gasteiger partial charge < -0.3 is 10.1 Å². The second-order valence-corrected chi connectivity index (χ2v) is 6.75. The highest BCUT2D eigenvalue weighted by Crippen LogP contribution is 2.21. The van der Waals surface area contributed by atoms with Crippen LogP contribution in [0.25, 0.3) is 0 Å². The first-order valence-corrected chi connectivity index (χ1v) is 8.54. The van der Waals surface area contributed by atoms with Gasteiger partial charge in [-0.15, -0.1) is 0 Å². The molecule has 0 saturated carbocycles. The Kier molecular flexibility index (Phi) is 6.02. The second-order valence-electron chi connectivity index (χ2n) is 4.84. The van der Waals surface area contributed by atoms with Crippen LogP contribution < -0.4 is 14.4 Å². The fraction of sp³-hybridized carbons (Fsp3) is 0.500. The Morgan fingerprint density at radius 2 is 1.90 bits per heavy atom. The first-order chi connectivity index (χ1) is 9.77. The van der Waals surface area contributed by atoms with Crippen molar-refractivity contribution in [1.29, 1.82) is 0 Å². The predicted octanol–water partition coefficient (Wildman–Crippen LogP) is 1.38. The molecule has 7 heteroatoms. The number of benzene rings is 1. The average molecular weight is 314 g/mol. The molecule has 1 rings (SSSR count). The number of nitrogens with one attached hydrogen (secondary N) is 1. The number of ether oxygens (including phenoxy) is 1. The third-order valence-electron chi connectivity index (χ3n) is 3.07. The molecule has 0 spiro atoms. The molecule has 0 aliphatic rings. The number of hydrogen-bond donors (Lipinski definition) is 1. The Balaban J connectivity index is 2.93. The molecule has 0 aliphatic heterocycles. The van der Waals surface area contributed by atoms with Gasteiger partial charge in [-0.25, -0.2) is 8.42 Å². The lowest BCUT2D eigenvalue weighted by atomic mass is 10.2. The minimum atomic E-state index is -3.54. The highest BCUT2D eigenvalue weighted by molar-refractivity contribution is 7.92. The summed E-state index contributed by atoms with van der Waals surface area (Å²) >= 11 is 0. The van der Waals surface area contributed by atoms with E-state index in [0.717, 1.165) is 17.0 Å². The highest BCUT2D eigenvalue weighted by Gasteiger charge is 2.21. The van der Waals surface area contributed by atoms with Crippen LogP contribution in [0, 0.1) is 0 Å². The second kappa shape index (κ2) is 7.31. The molecule has 0 aromatic heterocycles. The molecule has 0 fully saturated rings. The summed E-state index contributed by atoms with van der Waals surface area (Å²) in [6.07, 6.45) is 1.86. The van der Waals surface area contributed by atoms with Gasteiger partial charge in [-0.2, -0.15) is 0 Å². The normalized spacial score (nSPS) is 12.6. The molecule has 0 saturated heterocycles. The number of rotatable bonds is 7. The largest absolute Gasteiger partial charge is 0.497 e. The van der Waals surface area contributed by atoms with E-state index in [-0.39, 0.29) is 18.5 Å². The van der Waals surface area contributed by atoms with Crippen LogP contribution in [0.1, 0.15) is 20.3 Å². The summed E-state index contributed by atoms with van der Waals surface area (Å²) in [5.41, 5.74) is 0.428. The molecule has 1 aromatic rings. The molecular weight excluding hydrogens is 292 g/mol. The van der Waals surface area contributed by atoms with Crippen molar-refractivity contribution in [3.8, 4) is 5.75 Å². The fourth-order valence-electron chi connectivity index (χ4n) is 1.70. The minimum Gasteiger partial charge on any atom is -0.497 e. The van der Waals surface area contributed by atoms with E-state index in [1.54, 1.807) is 24.3 Å². The van der Waals surface area contributed by atoms with Gasteiger partial charge in [-0.05, 0) is 37.6 Å². The van der Waals surface area contributed by atoms with Gasteiger partial charge in [0.15, 0.2) is 0 Å². The van der Waals surface area contributed by atoms with Gasteiger partial charge in [0.2, 0.25) is 15.9 Å². The summed E-state index contributed by atoms with van der Waals surface area (Å²) in [7, 11) is -2.01. The topological polar surface area (TPSA) is 75.7 Å². The third kappa shape index (κ3) is 5.26. The molecule has 118 valence electrons. The van der Waals surface area contributed by atoms with Gasteiger partial charge in [-0.1, -0.05) is 6.92 Å². The Morgan fingerprint density at radius 3 is 2.33 bits per heavy atom. The van der Waals surface area contributed by atoms with Gasteiger partial charge in [0.25, 0.3) is 0 Å². The molecular formula is C14H22N2O4S. The third-order valence-corrected chi connectivity index (χ3v) is 4.21. The van der Waals surface area contributed by atoms with Crippen LogP contribution >= 0.6 is 0 Å². The molecule has 0 heterocycles. The van der Waals surface area contributed by atoms with Crippen LogP contribution in [-0.4, -0.2) is 40.3 Å². The summed E-state index contributed by atoms with van der Waals surface area (Å²) in [4.78, 5) is 11.9. The van der Waals surface area contributed by atoms with E-state index in [0.29, 0.717) is 11.4 Å². The van der Waals surface area contributed by atoms with Crippen molar-refractivity contribution in [2.24, 2.45) is 0 Å². The average Bonchev–Trinajstić information content (AvgIpc) is 2.43. The van der Waals surface area contributed by atoms with Crippen molar-refractivity contribution in [1.82, 2.24) is 5.32 Å². The maximum Gasteiger partial charge on any atom is 0.240 e. The zero-order valence-corrected chi connectivity index (χ0v) is 13.6. The minimum absolute atomic E-state index is 0.00905. The standard InChI is InChI=1S/C14H22N2O4S/c1-5-11(2)15-14(17)10-16(21(4,18)19)12-6-8-13(20-3)9-7-12/h6-9,11H,5,10H2,1-4H3,(H,15,17)/t11-/m0/s1. The quantitative estimate of drug-likeness (QED) is 0.825. The molecule has 21 heavy (non-hydrogen) atoms. The number of anilines is 1. The molecule has 1 aromatic carbocycles. The lowest BCUT2D eigenvalue weighted by molar-refractivity contribution is -0.120. The molecule has 0 radical (unpaired) electrons. The fourth-order valence-corrected chi connectivity index (χ4v) is 2.56. The molecule has 0 unspecified atom stereocenters. The summed E-state index contributed by atoms with van der Waals surface area (Å²) in [6, 6.07) is 6.53. The van der Waals surface area contributed by atoms with E-state index in [4.69, 9.17) is 4.74 Å². The van der Waals surface area contributed by atoms with Crippen LogP contribution in [0.5, 0.6) is 5.75 Å². The Bertz CT molecular complexity index is 569. The van der Waals surface area contributed by atoms with E-state index < -0.39 is 10.0 Å². The van der Waals surface area contributed by atoms with E-state index in [9.17, 15) is 13.2 Å². The number of methoxy groups -OCH3 is 1. The van der Waals surface area contributed by atoms with Crippen LogP contribution in [0.2, 0.25) is 0 Å². The van der Waals surface area contributed by atoms with Gasteiger partial charge in [0.05, 0.1) is 19.1 Å². The molecule has 1 atom stereocenters. The summed E-state index contributed by atoms with van der Waals surface area (Å²) in [5.74, 6) is 0.293. The van der Waals surface area contributed by atoms with Crippen LogP contribution in [0.3, 0.4) is 0 Å². The van der Waals surface area contributed by atoms with E-state index in [1.165, 1.54) is 7.11 Å². The molecule has 0 bridgehead atoms. The maximum absolute atomic E-state index is 11.9. The number of amides is 1. The van der Waals surface area contributed by atoms with Crippen molar-refractivity contribution in [3.05, 3.63) is 24.3 Å². The van der Waals surface area contributed by atoms with Gasteiger partial charge in [0.1, 0.15) is 12.3 Å². The van der Waals surface area contributed by atoms with Gasteiger partial charge >= 0.3 is 0 Å². The van der Waals surface area contributed by atoms with Crippen molar-refractivity contribution >= 4 is 21.6 Å². The van der Waals surface area contributed by atoms with Crippen LogP contribution in [-0.2, 0) is 14.8 Å². The van der Waals surface area contributed by atoms with Gasteiger partial charge in [0, 0.05) is 6.04 Å². The number of nitrogens with zero attached hydrogens (tertiary/aromatic N) is 1. The predicted molar refractivity (Wildman–Crippen MR) is 83.1 cm³/mol. The van der Waals surface area contributed by atoms with E-state index in [2.05, 4.69) is 5.32 Å². The highest BCUT2D eigenvalue weighted by atomic mass is 32.2. The molecule has 0 aliphatic carbocycles. The van der Waals surface area contributed by atoms with E-state index >= 15 is 0 Å². The Labute approximate surface area is 126 Å². The first kappa shape index (κ1) is 17.3. The van der Waals surface area contributed by atoms with Crippen molar-refractivity contribution in [3.63, 3.8) is 0 Å². The Hall–Kier alpha value is -1.76. The van der Waals surface area contributed by atoms with Crippen molar-refractivity contribution in [2.75, 3.05) is 24.2 Å². The number of carbonyl (C=O) groups excluding carboxylic acids is 1. The molecule has 1 amide bonds. The number of hydrogen-bond acceptors (Lipinski definition) is 4. The van der Waals surface area contributed by atoms with Crippen LogP contribution in [0.15, 0.2) is 24.3 Å². The summed E-state index contributed by atoms with van der Waals surface area (Å²) in [5, 5.41) is 2.75. The Morgan fingerprint density at radius 1 is 1.33 bits per heavy atom. The summed E-state index contributed by atoms with van der Waals surface area (Å²) < 4.78 is 29.9. The maximum atomic E-state index is 11.9. The molecule has 6 nitrogen and oxygen atoms in total. The lowest BCUT2D eigenvalue weighted by Gasteiger charge is -2.23. The number of sulfonamides is 1. The smallest absolute Gasteiger partial charge is 0.240 e. The number of carbonyl (C=O) groups is 1. The summed E-state index contributed by atoms with van der Waals surface area (Å²) in [6.45, 7) is 3.58. The first-order valence-electron chi connectivity index (χ1n) is 6.69. The molecule has 1 N–H and O–H groups in total. The zero-order chi connectivity index (χ0) is 16.0. The van der Waals surface area contributed by atoms with Crippen molar-refractivity contribution in [2.45, 2.75) is 26.3 Å². The lowest BCUT2D eigenvalue weighted by Crippen LogP contribution is -2.43. The van der Waals surface area contributed by atoms with Gasteiger partial charge in [-0.3, -0.25) is 9.10 Å². The van der Waals surface area contributed by atoms with E-state index in [1.807, 2.05) is 13.8 Å². The van der Waals surface area contributed by atoms with Crippen LogP contribution in [0.4, 0.5) is 5.69 Å². The van der Waals surface area contributed by atoms with Crippen molar-refractivity contribution < 1.29 is 17.9 Å². The zero-order valence-electron chi connectivity index (χ0n) is 12.8.